The molecule has 0 radical (unpaired) electrons. The van der Waals surface area contributed by atoms with E-state index in [2.05, 4.69) is 16.9 Å². The van der Waals surface area contributed by atoms with Crippen molar-refractivity contribution < 1.29 is 9.53 Å². The topological polar surface area (TPSA) is 55.0 Å². The maximum Gasteiger partial charge on any atom is 0.358 e. The van der Waals surface area contributed by atoms with Crippen LogP contribution in [-0.4, -0.2) is 22.5 Å². The van der Waals surface area contributed by atoms with Crippen molar-refractivity contribution in [3.8, 4) is 11.4 Å². The number of ether oxygens (including phenoxy) is 1. The van der Waals surface area contributed by atoms with Gasteiger partial charge in [-0.25, -0.2) is 9.78 Å². The third kappa shape index (κ3) is 3.20. The molecule has 0 spiro atoms. The number of hydrogen-bond donors (Lipinski definition) is 1. The Bertz CT molecular complexity index is 590. The first-order valence-corrected chi connectivity index (χ1v) is 7.05. The lowest BCUT2D eigenvalue weighted by Gasteiger charge is -2.00. The van der Waals surface area contributed by atoms with Crippen molar-refractivity contribution in [2.45, 2.75) is 26.7 Å². The molecule has 0 saturated carbocycles. The van der Waals surface area contributed by atoms with Crippen molar-refractivity contribution in [1.29, 1.82) is 0 Å². The fraction of sp³-hybridized carbons (Fsp3) is 0.333. The zero-order chi connectivity index (χ0) is 14.5. The monoisotopic (exact) mass is 292 g/mol. The summed E-state index contributed by atoms with van der Waals surface area (Å²) in [6.07, 6.45) is 1.68. The van der Waals surface area contributed by atoms with E-state index in [1.165, 1.54) is 0 Å². The lowest BCUT2D eigenvalue weighted by atomic mass is 10.2. The number of nitrogens with zero attached hydrogens (tertiary/aromatic N) is 1. The summed E-state index contributed by atoms with van der Waals surface area (Å²) in [7, 11) is 0. The summed E-state index contributed by atoms with van der Waals surface area (Å²) in [5, 5.41) is 0.666. The number of benzene rings is 1. The Morgan fingerprint density at radius 1 is 1.30 bits per heavy atom. The maximum absolute atomic E-state index is 11.9. The Labute approximate surface area is 123 Å². The number of aromatic amines is 1. The number of aromatic nitrogens is 2. The largest absolute Gasteiger partial charge is 0.461 e. The van der Waals surface area contributed by atoms with Crippen LogP contribution in [0.25, 0.3) is 11.4 Å². The summed E-state index contributed by atoms with van der Waals surface area (Å²) in [5.41, 5.74) is 2.08. The first-order chi connectivity index (χ1) is 9.65. The molecule has 2 rings (SSSR count). The maximum atomic E-state index is 11.9. The van der Waals surface area contributed by atoms with E-state index in [-0.39, 0.29) is 5.97 Å². The standard InChI is InChI=1S/C15H17ClN2O2/c1-3-5-12-13(15(19)20-4-2)18-14(17-12)10-6-8-11(16)9-7-10/h6-9H,3-5H2,1-2H3,(H,17,18). The van der Waals surface area contributed by atoms with E-state index < -0.39 is 0 Å². The normalized spacial score (nSPS) is 10.6. The number of imidazole rings is 1. The molecule has 106 valence electrons. The lowest BCUT2D eigenvalue weighted by molar-refractivity contribution is 0.0519. The Morgan fingerprint density at radius 3 is 2.60 bits per heavy atom. The van der Waals surface area contributed by atoms with Gasteiger partial charge in [0.25, 0.3) is 0 Å². The molecule has 0 unspecified atom stereocenters. The van der Waals surface area contributed by atoms with Gasteiger partial charge in [-0.2, -0.15) is 0 Å². The fourth-order valence-electron chi connectivity index (χ4n) is 1.95. The molecule has 0 aliphatic carbocycles. The number of esters is 1. The van der Waals surface area contributed by atoms with E-state index in [0.717, 1.165) is 24.1 Å². The average Bonchev–Trinajstić information content (AvgIpc) is 2.84. The highest BCUT2D eigenvalue weighted by Crippen LogP contribution is 2.21. The van der Waals surface area contributed by atoms with Gasteiger partial charge in [-0.1, -0.05) is 24.9 Å². The molecule has 4 nitrogen and oxygen atoms in total. The molecule has 0 fully saturated rings. The number of nitrogens with one attached hydrogen (secondary N) is 1. The van der Waals surface area contributed by atoms with Crippen LogP contribution in [0.3, 0.4) is 0 Å². The van der Waals surface area contributed by atoms with Crippen LogP contribution < -0.4 is 0 Å². The second-order valence-electron chi connectivity index (χ2n) is 4.39. The lowest BCUT2D eigenvalue weighted by Crippen LogP contribution is -2.08. The summed E-state index contributed by atoms with van der Waals surface area (Å²) in [4.78, 5) is 19.5. The Balaban J connectivity index is 2.37. The van der Waals surface area contributed by atoms with Gasteiger partial charge in [0, 0.05) is 16.3 Å². The van der Waals surface area contributed by atoms with Crippen molar-refractivity contribution in [3.63, 3.8) is 0 Å². The first kappa shape index (κ1) is 14.6. The van der Waals surface area contributed by atoms with Crippen LogP contribution in [0.2, 0.25) is 5.02 Å². The van der Waals surface area contributed by atoms with E-state index in [4.69, 9.17) is 16.3 Å². The number of rotatable bonds is 5. The minimum absolute atomic E-state index is 0.341. The summed E-state index contributed by atoms with van der Waals surface area (Å²) in [5.74, 6) is 0.278. The van der Waals surface area contributed by atoms with Gasteiger partial charge >= 0.3 is 5.97 Å². The summed E-state index contributed by atoms with van der Waals surface area (Å²) >= 11 is 5.87. The first-order valence-electron chi connectivity index (χ1n) is 6.67. The third-order valence-corrected chi connectivity index (χ3v) is 3.12. The molecule has 0 aliphatic heterocycles. The van der Waals surface area contributed by atoms with Gasteiger partial charge in [0.2, 0.25) is 0 Å². The van der Waals surface area contributed by atoms with Gasteiger partial charge < -0.3 is 9.72 Å². The van der Waals surface area contributed by atoms with Gasteiger partial charge in [-0.15, -0.1) is 0 Å². The van der Waals surface area contributed by atoms with E-state index in [9.17, 15) is 4.79 Å². The molecular formula is C15H17ClN2O2. The second-order valence-corrected chi connectivity index (χ2v) is 4.83. The van der Waals surface area contributed by atoms with Crippen molar-refractivity contribution in [1.82, 2.24) is 9.97 Å². The number of halogens is 1. The molecule has 0 saturated heterocycles. The van der Waals surface area contributed by atoms with Crippen LogP contribution in [0.4, 0.5) is 0 Å². The molecule has 2 aromatic rings. The van der Waals surface area contributed by atoms with Crippen LogP contribution in [0.15, 0.2) is 24.3 Å². The predicted octanol–water partition coefficient (Wildman–Crippen LogP) is 3.86. The van der Waals surface area contributed by atoms with Gasteiger partial charge in [0.15, 0.2) is 5.69 Å². The van der Waals surface area contributed by atoms with Crippen LogP contribution in [0, 0.1) is 0 Å². The van der Waals surface area contributed by atoms with Crippen molar-refractivity contribution in [3.05, 3.63) is 40.7 Å². The van der Waals surface area contributed by atoms with Crippen LogP contribution >= 0.6 is 11.6 Å². The number of hydrogen-bond acceptors (Lipinski definition) is 3. The Morgan fingerprint density at radius 2 is 2.00 bits per heavy atom. The Hall–Kier alpha value is -1.81. The molecule has 20 heavy (non-hydrogen) atoms. The molecule has 1 aromatic heterocycles. The molecule has 0 bridgehead atoms. The second kappa shape index (κ2) is 6.57. The van der Waals surface area contributed by atoms with Crippen molar-refractivity contribution >= 4 is 17.6 Å². The van der Waals surface area contributed by atoms with E-state index in [0.29, 0.717) is 23.1 Å². The summed E-state index contributed by atoms with van der Waals surface area (Å²) in [6, 6.07) is 7.32. The highest BCUT2D eigenvalue weighted by molar-refractivity contribution is 6.30. The molecular weight excluding hydrogens is 276 g/mol. The van der Waals surface area contributed by atoms with Gasteiger partial charge in [0.05, 0.1) is 6.61 Å². The van der Waals surface area contributed by atoms with E-state index in [1.807, 2.05) is 12.1 Å². The smallest absolute Gasteiger partial charge is 0.358 e. The molecule has 5 heteroatoms. The summed E-state index contributed by atoms with van der Waals surface area (Å²) < 4.78 is 5.04. The highest BCUT2D eigenvalue weighted by atomic mass is 35.5. The SMILES string of the molecule is CCCc1[nH]c(-c2ccc(Cl)cc2)nc1C(=O)OCC. The number of H-pyrrole nitrogens is 1. The fourth-order valence-corrected chi connectivity index (χ4v) is 2.08. The minimum Gasteiger partial charge on any atom is -0.461 e. The molecule has 0 atom stereocenters. The predicted molar refractivity (Wildman–Crippen MR) is 79.0 cm³/mol. The molecule has 1 heterocycles. The van der Waals surface area contributed by atoms with Crippen LogP contribution in [0.1, 0.15) is 36.5 Å². The van der Waals surface area contributed by atoms with Gasteiger partial charge in [-0.05, 0) is 37.6 Å². The number of carbonyl (C=O) groups excluding carboxylic acids is 1. The number of aryl methyl sites for hydroxylation is 1. The minimum atomic E-state index is -0.382. The van der Waals surface area contributed by atoms with E-state index >= 15 is 0 Å². The Kier molecular flexibility index (Phi) is 4.79. The van der Waals surface area contributed by atoms with Crippen molar-refractivity contribution in [2.24, 2.45) is 0 Å². The molecule has 0 amide bonds. The average molecular weight is 293 g/mol. The van der Waals surface area contributed by atoms with E-state index in [1.54, 1.807) is 19.1 Å². The van der Waals surface area contributed by atoms with Gasteiger partial charge in [0.1, 0.15) is 5.82 Å². The summed E-state index contributed by atoms with van der Waals surface area (Å²) in [6.45, 7) is 4.18. The van der Waals surface area contributed by atoms with Crippen LogP contribution in [-0.2, 0) is 11.2 Å². The molecule has 0 aliphatic rings. The zero-order valence-corrected chi connectivity index (χ0v) is 12.3. The quantitative estimate of drug-likeness (QED) is 0.851. The van der Waals surface area contributed by atoms with Gasteiger partial charge in [-0.3, -0.25) is 0 Å². The molecule has 1 N–H and O–H groups in total. The zero-order valence-electron chi connectivity index (χ0n) is 11.6. The van der Waals surface area contributed by atoms with Crippen molar-refractivity contribution in [2.75, 3.05) is 6.61 Å². The number of carbonyl (C=O) groups is 1. The third-order valence-electron chi connectivity index (χ3n) is 2.87. The highest BCUT2D eigenvalue weighted by Gasteiger charge is 2.18. The molecule has 1 aromatic carbocycles. The van der Waals surface area contributed by atoms with Crippen LogP contribution in [0.5, 0.6) is 0 Å².